The normalized spacial score (nSPS) is 14.5. The summed E-state index contributed by atoms with van der Waals surface area (Å²) in [5.41, 5.74) is -0.203. The molecular weight excluding hydrogens is 479 g/mol. The van der Waals surface area contributed by atoms with E-state index in [-0.39, 0.29) is 12.6 Å². The number of nitro benzene ring substituents is 1. The van der Waals surface area contributed by atoms with Crippen LogP contribution in [0.15, 0.2) is 35.2 Å². The molecule has 2 aromatic carbocycles. The predicted octanol–water partition coefficient (Wildman–Crippen LogP) is 3.36. The smallest absolute Gasteiger partial charge is 0.416 e. The molecule has 2 aromatic rings. The Bertz CT molecular complexity index is 1170. The summed E-state index contributed by atoms with van der Waals surface area (Å²) in [6.07, 6.45) is -3.65. The summed E-state index contributed by atoms with van der Waals surface area (Å²) in [7, 11) is -1.25. The first kappa shape index (κ1) is 25.7. The minimum atomic E-state index is -4.83. The maximum atomic E-state index is 12.9. The fourth-order valence-corrected chi connectivity index (χ4v) is 5.01. The average molecular weight is 503 g/mol. The van der Waals surface area contributed by atoms with Gasteiger partial charge < -0.3 is 9.47 Å². The number of hydrogen-bond donors (Lipinski definition) is 1. The Morgan fingerprint density at radius 1 is 1.12 bits per heavy atom. The molecule has 0 atom stereocenters. The largest absolute Gasteiger partial charge is 0.493 e. The van der Waals surface area contributed by atoms with Crippen molar-refractivity contribution in [2.75, 3.05) is 33.9 Å². The number of ether oxygens (including phenoxy) is 2. The van der Waals surface area contributed by atoms with Crippen LogP contribution in [0.3, 0.4) is 0 Å². The van der Waals surface area contributed by atoms with Crippen molar-refractivity contribution in [1.29, 1.82) is 0 Å². The van der Waals surface area contributed by atoms with Gasteiger partial charge in [0.15, 0.2) is 16.4 Å². The van der Waals surface area contributed by atoms with Gasteiger partial charge in [-0.25, -0.2) is 13.1 Å². The van der Waals surface area contributed by atoms with Gasteiger partial charge in [0.2, 0.25) is 10.0 Å². The maximum absolute atomic E-state index is 12.9. The Morgan fingerprint density at radius 3 is 2.35 bits per heavy atom. The number of halogens is 3. The van der Waals surface area contributed by atoms with Gasteiger partial charge in [-0.05, 0) is 54.8 Å². The molecule has 1 heterocycles. The number of nitrogens with one attached hydrogen (secondary N) is 1. The quantitative estimate of drug-likeness (QED) is 0.317. The van der Waals surface area contributed by atoms with Crippen molar-refractivity contribution >= 4 is 15.7 Å². The van der Waals surface area contributed by atoms with Crippen LogP contribution in [-0.4, -0.2) is 52.1 Å². The summed E-state index contributed by atoms with van der Waals surface area (Å²) < 4.78 is 76.5. The molecule has 34 heavy (non-hydrogen) atoms. The van der Waals surface area contributed by atoms with Crippen LogP contribution in [0.2, 0.25) is 0 Å². The number of fused-ring (bicyclic) bond motifs is 1. The number of benzene rings is 2. The molecule has 13 heteroatoms. The van der Waals surface area contributed by atoms with E-state index in [0.29, 0.717) is 43.1 Å². The van der Waals surface area contributed by atoms with Crippen LogP contribution in [0.1, 0.15) is 23.1 Å². The molecule has 0 radical (unpaired) electrons. The number of nitro groups is 1. The second-order valence-corrected chi connectivity index (χ2v) is 9.43. The monoisotopic (exact) mass is 503 g/mol. The highest BCUT2D eigenvalue weighted by atomic mass is 32.2. The molecule has 0 saturated carbocycles. The van der Waals surface area contributed by atoms with E-state index in [1.165, 1.54) is 0 Å². The van der Waals surface area contributed by atoms with Gasteiger partial charge in [0.05, 0.1) is 24.7 Å². The van der Waals surface area contributed by atoms with Gasteiger partial charge in [-0.1, -0.05) is 0 Å². The molecule has 0 aromatic heterocycles. The summed E-state index contributed by atoms with van der Waals surface area (Å²) in [5, 5.41) is 11.2. The zero-order valence-electron chi connectivity index (χ0n) is 18.5. The van der Waals surface area contributed by atoms with Crippen molar-refractivity contribution in [3.8, 4) is 11.5 Å². The third kappa shape index (κ3) is 5.77. The Kier molecular flexibility index (Phi) is 7.68. The molecule has 186 valence electrons. The van der Waals surface area contributed by atoms with Crippen molar-refractivity contribution in [2.24, 2.45) is 0 Å². The summed E-state index contributed by atoms with van der Waals surface area (Å²) in [5.74, 6) is 1.27. The Hall–Kier alpha value is -2.90. The van der Waals surface area contributed by atoms with Crippen molar-refractivity contribution < 1.29 is 36.0 Å². The van der Waals surface area contributed by atoms with Gasteiger partial charge in [0, 0.05) is 25.7 Å². The van der Waals surface area contributed by atoms with E-state index in [1.807, 2.05) is 12.1 Å². The van der Waals surface area contributed by atoms with Crippen LogP contribution >= 0.6 is 0 Å². The molecule has 1 aliphatic heterocycles. The Morgan fingerprint density at radius 2 is 1.76 bits per heavy atom. The lowest BCUT2D eigenvalue weighted by Gasteiger charge is -2.29. The number of nitrogens with zero attached hydrogens (tertiary/aromatic N) is 2. The van der Waals surface area contributed by atoms with E-state index >= 15 is 0 Å². The van der Waals surface area contributed by atoms with Gasteiger partial charge in [0.25, 0.3) is 5.69 Å². The van der Waals surface area contributed by atoms with E-state index in [0.717, 1.165) is 24.1 Å². The fraction of sp³-hybridized carbons (Fsp3) is 0.429. The minimum absolute atomic E-state index is 0.0319. The van der Waals surface area contributed by atoms with Crippen molar-refractivity contribution in [3.63, 3.8) is 0 Å². The van der Waals surface area contributed by atoms with E-state index in [1.54, 1.807) is 14.2 Å². The summed E-state index contributed by atoms with van der Waals surface area (Å²) in [6, 6.07) is 5.19. The molecule has 0 unspecified atom stereocenters. The highest BCUT2D eigenvalue weighted by Crippen LogP contribution is 2.35. The van der Waals surface area contributed by atoms with Crippen LogP contribution in [0.4, 0.5) is 18.9 Å². The first-order valence-corrected chi connectivity index (χ1v) is 11.8. The molecule has 0 aliphatic carbocycles. The van der Waals surface area contributed by atoms with Crippen LogP contribution in [0.25, 0.3) is 0 Å². The molecule has 0 amide bonds. The molecule has 1 N–H and O–H groups in total. The molecule has 3 rings (SSSR count). The molecule has 0 fully saturated rings. The van der Waals surface area contributed by atoms with Crippen molar-refractivity contribution in [2.45, 2.75) is 30.5 Å². The van der Waals surface area contributed by atoms with Crippen molar-refractivity contribution in [1.82, 2.24) is 9.62 Å². The first-order chi connectivity index (χ1) is 16.0. The van der Waals surface area contributed by atoms with E-state index in [9.17, 15) is 31.7 Å². The second-order valence-electron chi connectivity index (χ2n) is 7.69. The van der Waals surface area contributed by atoms with Crippen LogP contribution < -0.4 is 14.2 Å². The SMILES string of the molecule is COc1cc2c(cc1OC)CN(CCCNS(=O)(=O)c1ccc(C(F)(F)F)cc1[N+](=O)[O-])CC2. The molecular formula is C21H24F3N3O6S. The van der Waals surface area contributed by atoms with E-state index in [2.05, 4.69) is 9.62 Å². The third-order valence-electron chi connectivity index (χ3n) is 5.51. The van der Waals surface area contributed by atoms with Crippen LogP contribution in [-0.2, 0) is 29.2 Å². The minimum Gasteiger partial charge on any atom is -0.493 e. The summed E-state index contributed by atoms with van der Waals surface area (Å²) >= 11 is 0. The Balaban J connectivity index is 1.61. The average Bonchev–Trinajstić information content (AvgIpc) is 2.79. The van der Waals surface area contributed by atoms with Gasteiger partial charge in [-0.2, -0.15) is 13.2 Å². The zero-order chi connectivity index (χ0) is 25.1. The summed E-state index contributed by atoms with van der Waals surface area (Å²) in [4.78, 5) is 11.4. The lowest BCUT2D eigenvalue weighted by Crippen LogP contribution is -2.34. The van der Waals surface area contributed by atoms with Gasteiger partial charge in [-0.15, -0.1) is 0 Å². The number of methoxy groups -OCH3 is 2. The van der Waals surface area contributed by atoms with E-state index in [4.69, 9.17) is 9.47 Å². The van der Waals surface area contributed by atoms with Crippen molar-refractivity contribution in [3.05, 3.63) is 57.1 Å². The van der Waals surface area contributed by atoms with Gasteiger partial charge >= 0.3 is 6.18 Å². The number of alkyl halides is 3. The van der Waals surface area contributed by atoms with Gasteiger partial charge in [0.1, 0.15) is 0 Å². The zero-order valence-corrected chi connectivity index (χ0v) is 19.3. The molecule has 0 spiro atoms. The topological polar surface area (TPSA) is 111 Å². The fourth-order valence-electron chi connectivity index (χ4n) is 3.78. The predicted molar refractivity (Wildman–Crippen MR) is 116 cm³/mol. The first-order valence-electron chi connectivity index (χ1n) is 10.3. The van der Waals surface area contributed by atoms with Crippen LogP contribution in [0.5, 0.6) is 11.5 Å². The lowest BCUT2D eigenvalue weighted by atomic mass is 9.98. The molecule has 9 nitrogen and oxygen atoms in total. The number of sulfonamides is 1. The highest BCUT2D eigenvalue weighted by molar-refractivity contribution is 7.89. The van der Waals surface area contributed by atoms with Gasteiger partial charge in [-0.3, -0.25) is 15.0 Å². The summed E-state index contributed by atoms with van der Waals surface area (Å²) in [6.45, 7) is 1.90. The lowest BCUT2D eigenvalue weighted by molar-refractivity contribution is -0.388. The van der Waals surface area contributed by atoms with E-state index < -0.39 is 37.3 Å². The molecule has 0 saturated heterocycles. The third-order valence-corrected chi connectivity index (χ3v) is 7.02. The molecule has 0 bridgehead atoms. The Labute approximate surface area is 194 Å². The maximum Gasteiger partial charge on any atom is 0.416 e. The molecule has 1 aliphatic rings. The number of rotatable bonds is 9. The standard InChI is InChI=1S/C21H24F3N3O6S/c1-32-18-10-14-6-9-26(13-15(14)11-19(18)33-2)8-3-7-25-34(30,31)20-5-4-16(21(22,23)24)12-17(20)27(28)29/h4-5,10-12,25H,3,6-9,13H2,1-2H3. The second kappa shape index (κ2) is 10.2. The number of hydrogen-bond acceptors (Lipinski definition) is 7. The highest BCUT2D eigenvalue weighted by Gasteiger charge is 2.35. The van der Waals surface area contributed by atoms with Crippen LogP contribution in [0, 0.1) is 10.1 Å².